The third-order valence-corrected chi connectivity index (χ3v) is 2.92. The first kappa shape index (κ1) is 11.4. The molecule has 0 saturated carbocycles. The minimum absolute atomic E-state index is 0.220. The molecule has 0 saturated heterocycles. The maximum Gasteiger partial charge on any atom is 0.304 e. The SMILES string of the molecule is O=C(O)CCSCc1ccc(Cl)cc1. The van der Waals surface area contributed by atoms with Crippen LogP contribution in [0.5, 0.6) is 0 Å². The number of carbonyl (C=O) groups is 1. The van der Waals surface area contributed by atoms with Crippen molar-refractivity contribution >= 4 is 29.3 Å². The van der Waals surface area contributed by atoms with Gasteiger partial charge in [-0.1, -0.05) is 23.7 Å². The van der Waals surface area contributed by atoms with Crippen LogP contribution in [0.2, 0.25) is 5.02 Å². The molecule has 1 N–H and O–H groups in total. The maximum absolute atomic E-state index is 10.2. The van der Waals surface area contributed by atoms with Crippen LogP contribution >= 0.6 is 23.4 Å². The summed E-state index contributed by atoms with van der Waals surface area (Å²) in [6, 6.07) is 7.59. The molecule has 0 fully saturated rings. The van der Waals surface area contributed by atoms with Crippen molar-refractivity contribution in [1.29, 1.82) is 0 Å². The van der Waals surface area contributed by atoms with Gasteiger partial charge in [-0.15, -0.1) is 0 Å². The largest absolute Gasteiger partial charge is 0.481 e. The Morgan fingerprint density at radius 3 is 2.57 bits per heavy atom. The normalized spacial score (nSPS) is 10.1. The van der Waals surface area contributed by atoms with E-state index in [1.54, 1.807) is 11.8 Å². The van der Waals surface area contributed by atoms with Crippen LogP contribution in [0.25, 0.3) is 0 Å². The molecule has 76 valence electrons. The van der Waals surface area contributed by atoms with Gasteiger partial charge in [-0.25, -0.2) is 0 Å². The molecular weight excluding hydrogens is 220 g/mol. The summed E-state index contributed by atoms with van der Waals surface area (Å²) in [5.41, 5.74) is 1.17. The number of halogens is 1. The molecule has 0 bridgehead atoms. The first-order valence-corrected chi connectivity index (χ1v) is 5.76. The summed E-state index contributed by atoms with van der Waals surface area (Å²) >= 11 is 7.35. The van der Waals surface area contributed by atoms with Gasteiger partial charge in [-0.2, -0.15) is 11.8 Å². The summed E-state index contributed by atoms with van der Waals surface area (Å²) in [5, 5.41) is 9.14. The third-order valence-electron chi connectivity index (χ3n) is 1.64. The van der Waals surface area contributed by atoms with Crippen LogP contribution < -0.4 is 0 Å². The summed E-state index contributed by atoms with van der Waals surface area (Å²) < 4.78 is 0. The highest BCUT2D eigenvalue weighted by Crippen LogP contribution is 2.15. The fourth-order valence-electron chi connectivity index (χ4n) is 0.930. The number of benzene rings is 1. The first-order valence-electron chi connectivity index (χ1n) is 4.22. The Morgan fingerprint density at radius 1 is 1.36 bits per heavy atom. The van der Waals surface area contributed by atoms with Crippen LogP contribution in [0.15, 0.2) is 24.3 Å². The molecule has 1 rings (SSSR count). The molecule has 0 amide bonds. The molecule has 1 aromatic carbocycles. The zero-order valence-corrected chi connectivity index (χ0v) is 9.14. The van der Waals surface area contributed by atoms with Crippen molar-refractivity contribution in [2.75, 3.05) is 5.75 Å². The summed E-state index contributed by atoms with van der Waals surface area (Å²) in [6.07, 6.45) is 0.220. The highest BCUT2D eigenvalue weighted by atomic mass is 35.5. The molecular formula is C10H11ClO2S. The van der Waals surface area contributed by atoms with Crippen LogP contribution in [0.3, 0.4) is 0 Å². The van der Waals surface area contributed by atoms with Crippen LogP contribution in [-0.4, -0.2) is 16.8 Å². The van der Waals surface area contributed by atoms with Crippen LogP contribution in [-0.2, 0) is 10.5 Å². The predicted octanol–water partition coefficient (Wildman–Crippen LogP) is 3.05. The number of thioether (sulfide) groups is 1. The average Bonchev–Trinajstić information content (AvgIpc) is 2.15. The number of carboxylic acid groups (broad SMARTS) is 1. The van der Waals surface area contributed by atoms with Crippen molar-refractivity contribution in [3.63, 3.8) is 0 Å². The van der Waals surface area contributed by atoms with Crippen molar-refractivity contribution in [2.45, 2.75) is 12.2 Å². The molecule has 1 aromatic rings. The molecule has 14 heavy (non-hydrogen) atoms. The highest BCUT2D eigenvalue weighted by molar-refractivity contribution is 7.98. The summed E-state index contributed by atoms with van der Waals surface area (Å²) in [6.45, 7) is 0. The molecule has 0 aromatic heterocycles. The highest BCUT2D eigenvalue weighted by Gasteiger charge is 1.97. The van der Waals surface area contributed by atoms with Crippen LogP contribution in [0.1, 0.15) is 12.0 Å². The fourth-order valence-corrected chi connectivity index (χ4v) is 1.95. The van der Waals surface area contributed by atoms with Gasteiger partial charge in [0.2, 0.25) is 0 Å². The first-order chi connectivity index (χ1) is 6.68. The van der Waals surface area contributed by atoms with Crippen molar-refractivity contribution in [3.05, 3.63) is 34.9 Å². The van der Waals surface area contributed by atoms with Crippen LogP contribution in [0, 0.1) is 0 Å². The molecule has 0 atom stereocenters. The van der Waals surface area contributed by atoms with Gasteiger partial charge in [-0.3, -0.25) is 4.79 Å². The second-order valence-electron chi connectivity index (χ2n) is 2.82. The molecule has 0 aliphatic rings. The number of carboxylic acids is 1. The van der Waals surface area contributed by atoms with Gasteiger partial charge >= 0.3 is 5.97 Å². The monoisotopic (exact) mass is 230 g/mol. The molecule has 0 unspecified atom stereocenters. The Bertz CT molecular complexity index is 297. The van der Waals surface area contributed by atoms with E-state index in [0.29, 0.717) is 5.75 Å². The second-order valence-corrected chi connectivity index (χ2v) is 4.36. The van der Waals surface area contributed by atoms with E-state index in [1.165, 1.54) is 5.56 Å². The molecule has 0 aliphatic heterocycles. The van der Waals surface area contributed by atoms with Crippen molar-refractivity contribution in [2.24, 2.45) is 0 Å². The van der Waals surface area contributed by atoms with Gasteiger partial charge in [0.05, 0.1) is 6.42 Å². The Labute approximate surface area is 92.3 Å². The lowest BCUT2D eigenvalue weighted by Gasteiger charge is -2.00. The number of hydrogen-bond donors (Lipinski definition) is 1. The van der Waals surface area contributed by atoms with E-state index in [-0.39, 0.29) is 6.42 Å². The van der Waals surface area contributed by atoms with E-state index < -0.39 is 5.97 Å². The number of hydrogen-bond acceptors (Lipinski definition) is 2. The van der Waals surface area contributed by atoms with Gasteiger partial charge in [0.15, 0.2) is 0 Å². The van der Waals surface area contributed by atoms with Gasteiger partial charge in [-0.05, 0) is 17.7 Å². The predicted molar refractivity (Wildman–Crippen MR) is 59.9 cm³/mol. The zero-order chi connectivity index (χ0) is 10.4. The maximum atomic E-state index is 10.2. The lowest BCUT2D eigenvalue weighted by Crippen LogP contribution is -1.96. The van der Waals surface area contributed by atoms with Gasteiger partial charge in [0.25, 0.3) is 0 Å². The number of rotatable bonds is 5. The van der Waals surface area contributed by atoms with Gasteiger partial charge < -0.3 is 5.11 Å². The van der Waals surface area contributed by atoms with Crippen molar-refractivity contribution in [1.82, 2.24) is 0 Å². The van der Waals surface area contributed by atoms with E-state index in [4.69, 9.17) is 16.7 Å². The Balaban J connectivity index is 2.25. The summed E-state index contributed by atoms with van der Waals surface area (Å²) in [4.78, 5) is 10.2. The molecule has 4 heteroatoms. The minimum atomic E-state index is -0.742. The van der Waals surface area contributed by atoms with E-state index in [0.717, 1.165) is 10.8 Å². The topological polar surface area (TPSA) is 37.3 Å². The molecule has 0 radical (unpaired) electrons. The minimum Gasteiger partial charge on any atom is -0.481 e. The van der Waals surface area contributed by atoms with Crippen molar-refractivity contribution in [3.8, 4) is 0 Å². The van der Waals surface area contributed by atoms with E-state index in [1.807, 2.05) is 24.3 Å². The quantitative estimate of drug-likeness (QED) is 0.790. The Hall–Kier alpha value is -0.670. The van der Waals surface area contributed by atoms with Gasteiger partial charge in [0, 0.05) is 16.5 Å². The van der Waals surface area contributed by atoms with Crippen LogP contribution in [0.4, 0.5) is 0 Å². The smallest absolute Gasteiger partial charge is 0.304 e. The second kappa shape index (κ2) is 5.94. The van der Waals surface area contributed by atoms with Gasteiger partial charge in [0.1, 0.15) is 0 Å². The summed E-state index contributed by atoms with van der Waals surface area (Å²) in [5.74, 6) is 0.746. The molecule has 2 nitrogen and oxygen atoms in total. The van der Waals surface area contributed by atoms with E-state index in [2.05, 4.69) is 0 Å². The zero-order valence-electron chi connectivity index (χ0n) is 7.57. The molecule has 0 heterocycles. The number of aliphatic carboxylic acids is 1. The van der Waals surface area contributed by atoms with Crippen molar-refractivity contribution < 1.29 is 9.90 Å². The fraction of sp³-hybridized carbons (Fsp3) is 0.300. The Morgan fingerprint density at radius 2 is 2.00 bits per heavy atom. The van der Waals surface area contributed by atoms with E-state index >= 15 is 0 Å². The average molecular weight is 231 g/mol. The standard InChI is InChI=1S/C10H11ClO2S/c11-9-3-1-8(2-4-9)7-14-6-5-10(12)13/h1-4H,5-7H2,(H,12,13). The Kier molecular flexibility index (Phi) is 4.84. The molecule has 0 aliphatic carbocycles. The van der Waals surface area contributed by atoms with E-state index in [9.17, 15) is 4.79 Å². The lowest BCUT2D eigenvalue weighted by atomic mass is 10.2. The summed E-state index contributed by atoms with van der Waals surface area (Å²) in [7, 11) is 0. The third kappa shape index (κ3) is 4.53. The molecule has 0 spiro atoms. The lowest BCUT2D eigenvalue weighted by molar-refractivity contribution is -0.136.